The molecule has 1 heterocycles. The van der Waals surface area contributed by atoms with E-state index in [-0.39, 0.29) is 17.1 Å². The van der Waals surface area contributed by atoms with Crippen molar-refractivity contribution in [2.45, 2.75) is 13.1 Å². The van der Waals surface area contributed by atoms with Gasteiger partial charge in [-0.05, 0) is 25.1 Å². The van der Waals surface area contributed by atoms with Crippen LogP contribution in [0.4, 0.5) is 17.6 Å². The molecule has 0 fully saturated rings. The Morgan fingerprint density at radius 3 is 2.47 bits per heavy atom. The molecule has 0 spiro atoms. The SMILES string of the molecule is Cc1cc(=O)[nH]c(-c2ccc(F)cc2C(F)(F)F)n1. The Hall–Kier alpha value is -2.18. The van der Waals surface area contributed by atoms with E-state index in [1.807, 2.05) is 0 Å². The Balaban J connectivity index is 2.72. The molecule has 19 heavy (non-hydrogen) atoms. The van der Waals surface area contributed by atoms with Crippen molar-refractivity contribution in [2.24, 2.45) is 0 Å². The molecular weight excluding hydrogens is 264 g/mol. The van der Waals surface area contributed by atoms with Gasteiger partial charge in [0.2, 0.25) is 0 Å². The molecule has 0 saturated heterocycles. The van der Waals surface area contributed by atoms with E-state index < -0.39 is 23.1 Å². The number of hydrogen-bond acceptors (Lipinski definition) is 2. The van der Waals surface area contributed by atoms with Gasteiger partial charge < -0.3 is 4.98 Å². The summed E-state index contributed by atoms with van der Waals surface area (Å²) in [4.78, 5) is 17.3. The predicted molar refractivity (Wildman–Crippen MR) is 60.0 cm³/mol. The first-order valence-corrected chi connectivity index (χ1v) is 5.22. The van der Waals surface area contributed by atoms with Gasteiger partial charge in [-0.25, -0.2) is 9.37 Å². The van der Waals surface area contributed by atoms with Crippen molar-refractivity contribution in [1.82, 2.24) is 9.97 Å². The van der Waals surface area contributed by atoms with Crippen LogP contribution in [0, 0.1) is 12.7 Å². The van der Waals surface area contributed by atoms with Gasteiger partial charge in [0.05, 0.1) is 5.56 Å². The zero-order chi connectivity index (χ0) is 14.2. The molecule has 100 valence electrons. The standard InChI is InChI=1S/C12H8F4N2O/c1-6-4-10(19)18-11(17-6)8-3-2-7(13)5-9(8)12(14,15)16/h2-5H,1H3,(H,17,18,19). The molecule has 1 aromatic carbocycles. The van der Waals surface area contributed by atoms with Crippen molar-refractivity contribution >= 4 is 0 Å². The molecule has 0 aliphatic rings. The van der Waals surface area contributed by atoms with Crippen LogP contribution in [-0.4, -0.2) is 9.97 Å². The summed E-state index contributed by atoms with van der Waals surface area (Å²) < 4.78 is 51.4. The minimum atomic E-state index is -4.74. The molecule has 0 atom stereocenters. The zero-order valence-corrected chi connectivity index (χ0v) is 9.68. The van der Waals surface area contributed by atoms with Crippen LogP contribution in [0.25, 0.3) is 11.4 Å². The van der Waals surface area contributed by atoms with Gasteiger partial charge in [0.15, 0.2) is 0 Å². The van der Waals surface area contributed by atoms with Crippen molar-refractivity contribution in [1.29, 1.82) is 0 Å². The number of benzene rings is 1. The Labute approximate surface area is 104 Å². The summed E-state index contributed by atoms with van der Waals surface area (Å²) in [5.41, 5.74) is -1.84. The maximum Gasteiger partial charge on any atom is 0.417 e. The lowest BCUT2D eigenvalue weighted by molar-refractivity contribution is -0.137. The van der Waals surface area contributed by atoms with Crippen molar-refractivity contribution < 1.29 is 17.6 Å². The van der Waals surface area contributed by atoms with Gasteiger partial charge in [-0.3, -0.25) is 4.79 Å². The van der Waals surface area contributed by atoms with Gasteiger partial charge >= 0.3 is 6.18 Å². The van der Waals surface area contributed by atoms with E-state index in [0.717, 1.165) is 18.2 Å². The molecule has 1 N–H and O–H groups in total. The number of aromatic amines is 1. The number of halogens is 4. The largest absolute Gasteiger partial charge is 0.417 e. The lowest BCUT2D eigenvalue weighted by Gasteiger charge is -2.12. The lowest BCUT2D eigenvalue weighted by atomic mass is 10.1. The predicted octanol–water partition coefficient (Wildman–Crippen LogP) is 2.90. The van der Waals surface area contributed by atoms with E-state index in [2.05, 4.69) is 9.97 Å². The summed E-state index contributed by atoms with van der Waals surface area (Å²) in [6.07, 6.45) is -4.74. The van der Waals surface area contributed by atoms with Crippen LogP contribution in [0.2, 0.25) is 0 Å². The maximum atomic E-state index is 13.0. The summed E-state index contributed by atoms with van der Waals surface area (Å²) >= 11 is 0. The molecule has 7 heteroatoms. The topological polar surface area (TPSA) is 45.8 Å². The van der Waals surface area contributed by atoms with Crippen molar-refractivity contribution in [3.63, 3.8) is 0 Å². The third-order valence-corrected chi connectivity index (χ3v) is 2.41. The summed E-state index contributed by atoms with van der Waals surface area (Å²) in [5.74, 6) is -1.25. The first kappa shape index (κ1) is 13.3. The molecule has 0 aliphatic carbocycles. The molecule has 2 aromatic rings. The third kappa shape index (κ3) is 2.81. The number of nitrogens with zero attached hydrogens (tertiary/aromatic N) is 1. The highest BCUT2D eigenvalue weighted by atomic mass is 19.4. The van der Waals surface area contributed by atoms with E-state index in [1.54, 1.807) is 0 Å². The third-order valence-electron chi connectivity index (χ3n) is 2.41. The number of alkyl halides is 3. The first-order chi connectivity index (χ1) is 8.77. The quantitative estimate of drug-likeness (QED) is 0.811. The van der Waals surface area contributed by atoms with Crippen LogP contribution < -0.4 is 5.56 Å². The Morgan fingerprint density at radius 2 is 1.89 bits per heavy atom. The van der Waals surface area contributed by atoms with E-state index in [4.69, 9.17) is 0 Å². The van der Waals surface area contributed by atoms with Crippen molar-refractivity contribution in [3.05, 3.63) is 51.7 Å². The summed E-state index contributed by atoms with van der Waals surface area (Å²) in [6, 6.07) is 3.35. The number of nitrogens with one attached hydrogen (secondary N) is 1. The highest BCUT2D eigenvalue weighted by Crippen LogP contribution is 2.36. The fourth-order valence-electron chi connectivity index (χ4n) is 1.66. The molecule has 0 bridgehead atoms. The number of aromatic nitrogens is 2. The molecule has 0 aliphatic heterocycles. The van der Waals surface area contributed by atoms with E-state index in [1.165, 1.54) is 6.92 Å². The zero-order valence-electron chi connectivity index (χ0n) is 9.68. The van der Waals surface area contributed by atoms with Crippen LogP contribution in [0.1, 0.15) is 11.3 Å². The fraction of sp³-hybridized carbons (Fsp3) is 0.167. The Bertz CT molecular complexity index is 676. The molecule has 0 amide bonds. The first-order valence-electron chi connectivity index (χ1n) is 5.22. The molecule has 0 unspecified atom stereocenters. The molecule has 2 rings (SSSR count). The fourth-order valence-corrected chi connectivity index (χ4v) is 1.66. The van der Waals surface area contributed by atoms with Crippen LogP contribution in [0.5, 0.6) is 0 Å². The molecule has 0 radical (unpaired) electrons. The monoisotopic (exact) mass is 272 g/mol. The normalized spacial score (nSPS) is 11.6. The van der Waals surface area contributed by atoms with Crippen LogP contribution in [-0.2, 0) is 6.18 Å². The number of aryl methyl sites for hydroxylation is 1. The Kier molecular flexibility index (Phi) is 3.13. The van der Waals surface area contributed by atoms with Crippen LogP contribution >= 0.6 is 0 Å². The second-order valence-electron chi connectivity index (χ2n) is 3.92. The minimum Gasteiger partial charge on any atom is -0.307 e. The number of H-pyrrole nitrogens is 1. The molecular formula is C12H8F4N2O. The molecule has 3 nitrogen and oxygen atoms in total. The van der Waals surface area contributed by atoms with Crippen LogP contribution in [0.15, 0.2) is 29.1 Å². The van der Waals surface area contributed by atoms with E-state index in [9.17, 15) is 22.4 Å². The molecule has 0 saturated carbocycles. The number of rotatable bonds is 1. The summed E-state index contributed by atoms with van der Waals surface area (Å²) in [5, 5.41) is 0. The van der Waals surface area contributed by atoms with Gasteiger partial charge in [0, 0.05) is 17.3 Å². The highest BCUT2D eigenvalue weighted by molar-refractivity contribution is 5.61. The second-order valence-corrected chi connectivity index (χ2v) is 3.92. The van der Waals surface area contributed by atoms with Gasteiger partial charge in [-0.2, -0.15) is 13.2 Å². The van der Waals surface area contributed by atoms with Gasteiger partial charge in [-0.15, -0.1) is 0 Å². The van der Waals surface area contributed by atoms with Gasteiger partial charge in [0.1, 0.15) is 11.6 Å². The summed E-state index contributed by atoms with van der Waals surface area (Å²) in [6.45, 7) is 1.48. The summed E-state index contributed by atoms with van der Waals surface area (Å²) in [7, 11) is 0. The Morgan fingerprint density at radius 1 is 1.21 bits per heavy atom. The second kappa shape index (κ2) is 4.49. The maximum absolute atomic E-state index is 13.0. The van der Waals surface area contributed by atoms with E-state index in [0.29, 0.717) is 6.07 Å². The molecule has 1 aromatic heterocycles. The average Bonchev–Trinajstić information content (AvgIpc) is 2.26. The van der Waals surface area contributed by atoms with Crippen LogP contribution in [0.3, 0.4) is 0 Å². The van der Waals surface area contributed by atoms with E-state index >= 15 is 0 Å². The van der Waals surface area contributed by atoms with Gasteiger partial charge in [0.25, 0.3) is 5.56 Å². The van der Waals surface area contributed by atoms with Crippen molar-refractivity contribution in [2.75, 3.05) is 0 Å². The highest BCUT2D eigenvalue weighted by Gasteiger charge is 2.34. The minimum absolute atomic E-state index is 0.239. The van der Waals surface area contributed by atoms with Crippen molar-refractivity contribution in [3.8, 4) is 11.4 Å². The lowest BCUT2D eigenvalue weighted by Crippen LogP contribution is -2.13. The number of hydrogen-bond donors (Lipinski definition) is 1. The average molecular weight is 272 g/mol. The van der Waals surface area contributed by atoms with Gasteiger partial charge in [-0.1, -0.05) is 0 Å². The smallest absolute Gasteiger partial charge is 0.307 e.